The van der Waals surface area contributed by atoms with Crippen LogP contribution in [0.4, 0.5) is 0 Å². The lowest BCUT2D eigenvalue weighted by molar-refractivity contribution is 0.329. The van der Waals surface area contributed by atoms with Crippen LogP contribution in [0.5, 0.6) is 0 Å². The van der Waals surface area contributed by atoms with E-state index in [0.717, 1.165) is 7.28 Å². The number of aliphatic hydroxyl groups is 1. The zero-order valence-electron chi connectivity index (χ0n) is 3.73. The average molecular weight is 69.7 g/mol. The van der Waals surface area contributed by atoms with E-state index in [-0.39, 0.29) is 5.90 Å². The molecule has 0 aromatic carbocycles. The van der Waals surface area contributed by atoms with E-state index in [4.69, 9.17) is 5.11 Å². The van der Waals surface area contributed by atoms with Crippen LogP contribution in [0.3, 0.4) is 0 Å². The number of aliphatic hydroxyl groups excluding tert-OH is 1. The first kappa shape index (κ1) is 5.09. The molecular formula is C2H8B2O. The molecule has 5 heavy (non-hydrogen) atoms. The molecule has 1 N–H and O–H groups in total. The standard InChI is InChI=1S/C2H8B2O/c1-4-2(3)5/h2,4-5H,3H2,1H3. The largest absolute Gasteiger partial charge is 0.410 e. The second-order valence-electron chi connectivity index (χ2n) is 1.26. The van der Waals surface area contributed by atoms with Gasteiger partial charge in [0.05, 0.1) is 0 Å². The fourth-order valence-electron chi connectivity index (χ4n) is 0. The van der Waals surface area contributed by atoms with Gasteiger partial charge in [-0.25, -0.2) is 0 Å². The van der Waals surface area contributed by atoms with E-state index in [1.807, 2.05) is 6.82 Å². The van der Waals surface area contributed by atoms with E-state index in [9.17, 15) is 0 Å². The number of hydrogen-bond donors (Lipinski definition) is 1. The van der Waals surface area contributed by atoms with E-state index in [0.29, 0.717) is 0 Å². The van der Waals surface area contributed by atoms with E-state index in [1.54, 1.807) is 7.85 Å². The molecule has 28 valence electrons. The van der Waals surface area contributed by atoms with Gasteiger partial charge in [-0.3, -0.25) is 0 Å². The minimum atomic E-state index is -0.116. The van der Waals surface area contributed by atoms with Gasteiger partial charge in [0.1, 0.15) is 15.1 Å². The van der Waals surface area contributed by atoms with Gasteiger partial charge in [-0.15, -0.1) is 0 Å². The average Bonchev–Trinajstić information content (AvgIpc) is 1.38. The third kappa shape index (κ3) is 4.09. The highest BCUT2D eigenvalue weighted by Gasteiger charge is 1.85. The Bertz CT molecular complexity index is 21.6. The van der Waals surface area contributed by atoms with Crippen LogP contribution >= 0.6 is 0 Å². The Kier molecular flexibility index (Phi) is 2.38. The van der Waals surface area contributed by atoms with Crippen molar-refractivity contribution in [2.45, 2.75) is 12.7 Å². The molecule has 0 aromatic heterocycles. The summed E-state index contributed by atoms with van der Waals surface area (Å²) in [6, 6.07) is 0. The molecule has 0 saturated heterocycles. The van der Waals surface area contributed by atoms with Crippen LogP contribution in [0.25, 0.3) is 0 Å². The lowest BCUT2D eigenvalue weighted by Gasteiger charge is -1.87. The van der Waals surface area contributed by atoms with Gasteiger partial charge in [0, 0.05) is 0 Å². The Labute approximate surface area is 34.0 Å². The number of hydrogen-bond acceptors (Lipinski definition) is 1. The molecule has 0 saturated carbocycles. The SMILES string of the molecule is BC(O)BC. The predicted molar refractivity (Wildman–Crippen MR) is 27.6 cm³/mol. The smallest absolute Gasteiger partial charge is 0.143 e. The van der Waals surface area contributed by atoms with Gasteiger partial charge >= 0.3 is 0 Å². The summed E-state index contributed by atoms with van der Waals surface area (Å²) in [5.74, 6) is -0.116. The molecule has 0 rings (SSSR count). The Hall–Kier alpha value is 0.0899. The molecule has 0 amide bonds. The summed E-state index contributed by atoms with van der Waals surface area (Å²) in [4.78, 5) is 0. The van der Waals surface area contributed by atoms with Gasteiger partial charge in [-0.05, 0) is 5.90 Å². The molecule has 1 atom stereocenters. The van der Waals surface area contributed by atoms with Gasteiger partial charge in [-0.1, -0.05) is 6.82 Å². The van der Waals surface area contributed by atoms with Gasteiger partial charge in [-0.2, -0.15) is 0 Å². The second kappa shape index (κ2) is 2.33. The third-order valence-electron chi connectivity index (χ3n) is 0.591. The van der Waals surface area contributed by atoms with Crippen molar-refractivity contribution < 1.29 is 5.11 Å². The normalized spacial score (nSPS) is 14.0. The van der Waals surface area contributed by atoms with E-state index >= 15 is 0 Å². The monoisotopic (exact) mass is 70.1 g/mol. The summed E-state index contributed by atoms with van der Waals surface area (Å²) < 4.78 is 0. The molecule has 1 unspecified atom stereocenters. The van der Waals surface area contributed by atoms with Crippen LogP contribution in [0, 0.1) is 0 Å². The van der Waals surface area contributed by atoms with Crippen LogP contribution in [0.15, 0.2) is 0 Å². The van der Waals surface area contributed by atoms with E-state index < -0.39 is 0 Å². The molecule has 0 aliphatic heterocycles. The molecule has 0 aliphatic carbocycles. The third-order valence-corrected chi connectivity index (χ3v) is 0.591. The summed E-state index contributed by atoms with van der Waals surface area (Å²) in [5.41, 5.74) is 0. The van der Waals surface area contributed by atoms with E-state index in [2.05, 4.69) is 0 Å². The van der Waals surface area contributed by atoms with Crippen molar-refractivity contribution in [1.82, 2.24) is 0 Å². The van der Waals surface area contributed by atoms with Gasteiger partial charge < -0.3 is 5.11 Å². The topological polar surface area (TPSA) is 20.2 Å². The molecule has 1 nitrogen and oxygen atoms in total. The lowest BCUT2D eigenvalue weighted by atomic mass is 9.65. The molecule has 0 fully saturated rings. The second-order valence-corrected chi connectivity index (χ2v) is 1.26. The van der Waals surface area contributed by atoms with Crippen molar-refractivity contribution >= 4 is 15.1 Å². The fraction of sp³-hybridized carbons (Fsp3) is 1.00. The highest BCUT2D eigenvalue weighted by Crippen LogP contribution is 1.61. The minimum Gasteiger partial charge on any atom is -0.410 e. The van der Waals surface area contributed by atoms with Crippen molar-refractivity contribution in [3.05, 3.63) is 0 Å². The van der Waals surface area contributed by atoms with Gasteiger partial charge in [0.15, 0.2) is 0 Å². The fourth-order valence-corrected chi connectivity index (χ4v) is 0. The highest BCUT2D eigenvalue weighted by molar-refractivity contribution is 6.48. The zero-order valence-corrected chi connectivity index (χ0v) is 3.73. The molecule has 0 spiro atoms. The summed E-state index contributed by atoms with van der Waals surface area (Å²) in [5, 5.41) is 8.36. The number of rotatable bonds is 1. The highest BCUT2D eigenvalue weighted by atomic mass is 16.3. The first-order valence-corrected chi connectivity index (χ1v) is 1.95. The molecule has 0 radical (unpaired) electrons. The summed E-state index contributed by atoms with van der Waals surface area (Å²) in [7, 11) is 2.64. The van der Waals surface area contributed by atoms with Crippen molar-refractivity contribution in [2.75, 3.05) is 0 Å². The van der Waals surface area contributed by atoms with Crippen molar-refractivity contribution in [2.24, 2.45) is 0 Å². The van der Waals surface area contributed by atoms with Gasteiger partial charge in [0.2, 0.25) is 0 Å². The molecule has 0 bridgehead atoms. The van der Waals surface area contributed by atoms with Crippen molar-refractivity contribution in [3.8, 4) is 0 Å². The van der Waals surface area contributed by atoms with Crippen LogP contribution < -0.4 is 0 Å². The van der Waals surface area contributed by atoms with Crippen LogP contribution in [-0.2, 0) is 0 Å². The molecule has 3 heteroatoms. The Morgan fingerprint density at radius 1 is 2.00 bits per heavy atom. The predicted octanol–water partition coefficient (Wildman–Crippen LogP) is -1.62. The lowest BCUT2D eigenvalue weighted by Crippen LogP contribution is -2.11. The van der Waals surface area contributed by atoms with Crippen LogP contribution in [-0.4, -0.2) is 26.1 Å². The first-order chi connectivity index (χ1) is 2.27. The Morgan fingerprint density at radius 2 is 2.20 bits per heavy atom. The van der Waals surface area contributed by atoms with Crippen LogP contribution in [0.2, 0.25) is 6.82 Å². The maximum absolute atomic E-state index is 8.36. The quantitative estimate of drug-likeness (QED) is 0.367. The molecule has 0 heterocycles. The summed E-state index contributed by atoms with van der Waals surface area (Å²) >= 11 is 0. The van der Waals surface area contributed by atoms with Crippen molar-refractivity contribution in [3.63, 3.8) is 0 Å². The molecule has 0 aliphatic rings. The van der Waals surface area contributed by atoms with E-state index in [1.165, 1.54) is 0 Å². The Balaban J connectivity index is 2.54. The zero-order chi connectivity index (χ0) is 4.28. The summed E-state index contributed by atoms with van der Waals surface area (Å²) in [6.45, 7) is 1.95. The van der Waals surface area contributed by atoms with Crippen molar-refractivity contribution in [1.29, 1.82) is 0 Å². The summed E-state index contributed by atoms with van der Waals surface area (Å²) in [6.07, 6.45) is 0. The maximum atomic E-state index is 8.36. The maximum Gasteiger partial charge on any atom is 0.143 e. The molecule has 0 aromatic rings. The first-order valence-electron chi connectivity index (χ1n) is 1.95. The minimum absolute atomic E-state index is 0.116. The Morgan fingerprint density at radius 3 is 2.20 bits per heavy atom. The molecular weight excluding hydrogens is 61.6 g/mol. The van der Waals surface area contributed by atoms with Gasteiger partial charge in [0.25, 0.3) is 0 Å². The van der Waals surface area contributed by atoms with Crippen LogP contribution in [0.1, 0.15) is 0 Å².